The largest absolute Gasteiger partial charge is 0.460 e. The smallest absolute Gasteiger partial charge is 0.211 e. The molecule has 18 heavy (non-hydrogen) atoms. The lowest BCUT2D eigenvalue weighted by Crippen LogP contribution is -2.24. The third kappa shape index (κ3) is 3.21. The fourth-order valence-corrected chi connectivity index (χ4v) is 2.08. The number of furan rings is 1. The van der Waals surface area contributed by atoms with Crippen LogP contribution in [-0.4, -0.2) is 14.2 Å². The Bertz CT molecular complexity index is 602. The lowest BCUT2D eigenvalue weighted by Gasteiger charge is -2.01. The molecule has 0 saturated carbocycles. The molecule has 1 heterocycles. The van der Waals surface area contributed by atoms with Crippen molar-refractivity contribution >= 4 is 10.0 Å². The maximum Gasteiger partial charge on any atom is 0.211 e. The van der Waals surface area contributed by atoms with Crippen LogP contribution >= 0.6 is 0 Å². The Morgan fingerprint density at radius 3 is 2.50 bits per heavy atom. The Kier molecular flexibility index (Phi) is 3.84. The first-order valence-corrected chi connectivity index (χ1v) is 7.37. The van der Waals surface area contributed by atoms with Crippen molar-refractivity contribution in [3.8, 4) is 11.3 Å². The van der Waals surface area contributed by atoms with Crippen LogP contribution in [0, 0.1) is 0 Å². The van der Waals surface area contributed by atoms with E-state index in [9.17, 15) is 8.42 Å². The Labute approximate surface area is 107 Å². The molecule has 0 aliphatic heterocycles. The summed E-state index contributed by atoms with van der Waals surface area (Å²) in [6.45, 7) is 1.78. The highest BCUT2D eigenvalue weighted by Crippen LogP contribution is 2.21. The summed E-state index contributed by atoms with van der Waals surface area (Å²) < 4.78 is 30.6. The highest BCUT2D eigenvalue weighted by Gasteiger charge is 2.09. The van der Waals surface area contributed by atoms with Crippen molar-refractivity contribution in [1.82, 2.24) is 4.72 Å². The molecule has 0 amide bonds. The second-order valence-corrected chi connectivity index (χ2v) is 5.95. The Morgan fingerprint density at radius 1 is 1.11 bits per heavy atom. The van der Waals surface area contributed by atoms with E-state index in [1.54, 1.807) is 13.0 Å². The lowest BCUT2D eigenvalue weighted by molar-refractivity contribution is 0.510. The standard InChI is InChI=1S/C13H15NO3S/c1-2-18(15,16)14-10-12-8-9-13(17-12)11-6-4-3-5-7-11/h3-9,14H,2,10H2,1H3. The summed E-state index contributed by atoms with van der Waals surface area (Å²) >= 11 is 0. The molecular formula is C13H15NO3S. The van der Waals surface area contributed by atoms with Gasteiger partial charge < -0.3 is 4.42 Å². The number of hydrogen-bond acceptors (Lipinski definition) is 3. The van der Waals surface area contributed by atoms with Crippen LogP contribution < -0.4 is 4.72 Å². The first-order chi connectivity index (χ1) is 8.61. The van der Waals surface area contributed by atoms with Crippen molar-refractivity contribution in [2.24, 2.45) is 0 Å². The monoisotopic (exact) mass is 265 g/mol. The quantitative estimate of drug-likeness (QED) is 0.903. The molecule has 4 nitrogen and oxygen atoms in total. The molecule has 0 saturated heterocycles. The van der Waals surface area contributed by atoms with Gasteiger partial charge in [-0.05, 0) is 19.1 Å². The van der Waals surface area contributed by atoms with Gasteiger partial charge in [0.1, 0.15) is 11.5 Å². The average Bonchev–Trinajstić information content (AvgIpc) is 2.86. The van der Waals surface area contributed by atoms with Crippen LogP contribution in [-0.2, 0) is 16.6 Å². The molecule has 2 rings (SSSR count). The zero-order valence-electron chi connectivity index (χ0n) is 10.1. The summed E-state index contributed by atoms with van der Waals surface area (Å²) in [7, 11) is -3.18. The summed E-state index contributed by atoms with van der Waals surface area (Å²) in [5, 5.41) is 0. The fourth-order valence-electron chi connectivity index (χ4n) is 1.51. The van der Waals surface area contributed by atoms with Crippen LogP contribution in [0.4, 0.5) is 0 Å². The SMILES string of the molecule is CCS(=O)(=O)NCc1ccc(-c2ccccc2)o1. The summed E-state index contributed by atoms with van der Waals surface area (Å²) in [4.78, 5) is 0. The van der Waals surface area contributed by atoms with Gasteiger partial charge in [-0.25, -0.2) is 13.1 Å². The van der Waals surface area contributed by atoms with Gasteiger partial charge in [0, 0.05) is 5.56 Å². The van der Waals surface area contributed by atoms with Crippen molar-refractivity contribution in [3.63, 3.8) is 0 Å². The zero-order chi connectivity index (χ0) is 13.0. The average molecular weight is 265 g/mol. The van der Waals surface area contributed by atoms with Crippen molar-refractivity contribution in [2.75, 3.05) is 5.75 Å². The topological polar surface area (TPSA) is 59.3 Å². The van der Waals surface area contributed by atoms with Crippen molar-refractivity contribution in [1.29, 1.82) is 0 Å². The maximum atomic E-state index is 11.3. The second-order valence-electron chi connectivity index (χ2n) is 3.86. The zero-order valence-corrected chi connectivity index (χ0v) is 10.9. The number of rotatable bonds is 5. The van der Waals surface area contributed by atoms with E-state index in [0.717, 1.165) is 11.3 Å². The highest BCUT2D eigenvalue weighted by atomic mass is 32.2. The molecule has 0 aliphatic rings. The van der Waals surface area contributed by atoms with Gasteiger partial charge in [0.15, 0.2) is 0 Å². The van der Waals surface area contributed by atoms with E-state index in [2.05, 4.69) is 4.72 Å². The molecule has 0 aliphatic carbocycles. The Morgan fingerprint density at radius 2 is 1.83 bits per heavy atom. The van der Waals surface area contributed by atoms with E-state index in [1.165, 1.54) is 0 Å². The van der Waals surface area contributed by atoms with Gasteiger partial charge in [-0.15, -0.1) is 0 Å². The fraction of sp³-hybridized carbons (Fsp3) is 0.231. The third-order valence-corrected chi connectivity index (χ3v) is 3.91. The van der Waals surface area contributed by atoms with Crippen LogP contribution in [0.2, 0.25) is 0 Å². The molecule has 2 aromatic rings. The molecule has 0 fully saturated rings. The number of nitrogens with one attached hydrogen (secondary N) is 1. The minimum Gasteiger partial charge on any atom is -0.460 e. The molecule has 0 spiro atoms. The first kappa shape index (κ1) is 12.9. The van der Waals surface area contributed by atoms with Gasteiger partial charge >= 0.3 is 0 Å². The van der Waals surface area contributed by atoms with Gasteiger partial charge in [0.25, 0.3) is 0 Å². The van der Waals surface area contributed by atoms with E-state index < -0.39 is 10.0 Å². The number of benzene rings is 1. The molecule has 0 unspecified atom stereocenters. The summed E-state index contributed by atoms with van der Waals surface area (Å²) in [5.41, 5.74) is 0.974. The molecule has 5 heteroatoms. The minimum absolute atomic E-state index is 0.0687. The van der Waals surface area contributed by atoms with Gasteiger partial charge in [0.05, 0.1) is 12.3 Å². The minimum atomic E-state index is -3.18. The van der Waals surface area contributed by atoms with Crippen molar-refractivity contribution in [3.05, 3.63) is 48.2 Å². The molecule has 1 N–H and O–H groups in total. The summed E-state index contributed by atoms with van der Waals surface area (Å²) in [5.74, 6) is 1.41. The maximum absolute atomic E-state index is 11.3. The van der Waals surface area contributed by atoms with Crippen LogP contribution in [0.1, 0.15) is 12.7 Å². The highest BCUT2D eigenvalue weighted by molar-refractivity contribution is 7.89. The van der Waals surface area contributed by atoms with Gasteiger partial charge in [-0.2, -0.15) is 0 Å². The van der Waals surface area contributed by atoms with E-state index in [-0.39, 0.29) is 12.3 Å². The normalized spacial score (nSPS) is 11.6. The molecular weight excluding hydrogens is 250 g/mol. The molecule has 0 radical (unpaired) electrons. The van der Waals surface area contributed by atoms with E-state index in [0.29, 0.717) is 5.76 Å². The van der Waals surface area contributed by atoms with Crippen LogP contribution in [0.5, 0.6) is 0 Å². The van der Waals surface area contributed by atoms with Gasteiger partial charge in [-0.3, -0.25) is 0 Å². The Balaban J connectivity index is 2.08. The number of hydrogen-bond donors (Lipinski definition) is 1. The third-order valence-electron chi connectivity index (χ3n) is 2.57. The van der Waals surface area contributed by atoms with E-state index in [1.807, 2.05) is 36.4 Å². The van der Waals surface area contributed by atoms with Crippen LogP contribution in [0.3, 0.4) is 0 Å². The molecule has 96 valence electrons. The Hall–Kier alpha value is -1.59. The van der Waals surface area contributed by atoms with Crippen LogP contribution in [0.25, 0.3) is 11.3 Å². The van der Waals surface area contributed by atoms with Crippen molar-refractivity contribution in [2.45, 2.75) is 13.5 Å². The van der Waals surface area contributed by atoms with Crippen LogP contribution in [0.15, 0.2) is 46.9 Å². The predicted octanol–water partition coefficient (Wildman–Crippen LogP) is 2.39. The lowest BCUT2D eigenvalue weighted by atomic mass is 10.2. The molecule has 1 aromatic heterocycles. The van der Waals surface area contributed by atoms with Gasteiger partial charge in [-0.1, -0.05) is 30.3 Å². The second kappa shape index (κ2) is 5.37. The first-order valence-electron chi connectivity index (χ1n) is 5.72. The van der Waals surface area contributed by atoms with Gasteiger partial charge in [0.2, 0.25) is 10.0 Å². The van der Waals surface area contributed by atoms with Crippen molar-refractivity contribution < 1.29 is 12.8 Å². The molecule has 0 bridgehead atoms. The van der Waals surface area contributed by atoms with E-state index in [4.69, 9.17) is 4.42 Å². The summed E-state index contributed by atoms with van der Waals surface area (Å²) in [6, 6.07) is 13.3. The number of sulfonamides is 1. The predicted molar refractivity (Wildman–Crippen MR) is 70.4 cm³/mol. The molecule has 1 aromatic carbocycles. The summed E-state index contributed by atoms with van der Waals surface area (Å²) in [6.07, 6.45) is 0. The molecule has 0 atom stereocenters. The van der Waals surface area contributed by atoms with E-state index >= 15 is 0 Å².